The Morgan fingerprint density at radius 2 is 2.20 bits per heavy atom. The highest BCUT2D eigenvalue weighted by Crippen LogP contribution is 2.20. The molecule has 0 spiro atoms. The highest BCUT2D eigenvalue weighted by atomic mass is 32.1. The van der Waals surface area contributed by atoms with Crippen LogP contribution in [0.15, 0.2) is 35.8 Å². The average molecular weight is 284 g/mol. The zero-order valence-corrected chi connectivity index (χ0v) is 11.9. The van der Waals surface area contributed by atoms with Crippen LogP contribution in [0.1, 0.15) is 23.5 Å². The largest absolute Gasteiger partial charge is 0.308 e. The van der Waals surface area contributed by atoms with Crippen LogP contribution in [0.4, 0.5) is 0 Å². The van der Waals surface area contributed by atoms with Gasteiger partial charge in [0.05, 0.1) is 24.0 Å². The summed E-state index contributed by atoms with van der Waals surface area (Å²) in [5.41, 5.74) is 2.26. The summed E-state index contributed by atoms with van der Waals surface area (Å²) in [5.74, 6) is 0. The third-order valence-corrected chi connectivity index (χ3v) is 4.48. The Morgan fingerprint density at radius 1 is 1.30 bits per heavy atom. The van der Waals surface area contributed by atoms with Gasteiger partial charge in [0.1, 0.15) is 5.01 Å². The summed E-state index contributed by atoms with van der Waals surface area (Å²) in [6, 6.07) is 9.01. The van der Waals surface area contributed by atoms with Crippen LogP contribution < -0.4 is 5.32 Å². The number of rotatable bonds is 5. The van der Waals surface area contributed by atoms with Gasteiger partial charge in [0.25, 0.3) is 0 Å². The number of nitrogens with one attached hydrogen (secondary N) is 1. The third-order valence-electron chi connectivity index (χ3n) is 3.58. The van der Waals surface area contributed by atoms with Crippen molar-refractivity contribution in [2.75, 3.05) is 0 Å². The van der Waals surface area contributed by atoms with E-state index in [2.05, 4.69) is 32.9 Å². The van der Waals surface area contributed by atoms with Crippen LogP contribution in [0, 0.1) is 0 Å². The quantitative estimate of drug-likeness (QED) is 0.783. The number of fused-ring (bicyclic) bond motifs is 1. The van der Waals surface area contributed by atoms with Crippen molar-refractivity contribution < 1.29 is 0 Å². The fraction of sp³-hybridized carbons (Fsp3) is 0.333. The zero-order chi connectivity index (χ0) is 13.4. The molecule has 0 unspecified atom stereocenters. The summed E-state index contributed by atoms with van der Waals surface area (Å²) >= 11 is 1.73. The molecule has 5 heteroatoms. The molecule has 1 fully saturated rings. The molecule has 1 N–H and O–H groups in total. The van der Waals surface area contributed by atoms with E-state index < -0.39 is 0 Å². The fourth-order valence-electron chi connectivity index (χ4n) is 2.33. The molecule has 2 aromatic heterocycles. The smallest absolute Gasteiger partial charge is 0.107 e. The molecule has 3 aromatic rings. The Hall–Kier alpha value is -1.72. The van der Waals surface area contributed by atoms with Crippen LogP contribution in [-0.4, -0.2) is 20.8 Å². The Kier molecular flexibility index (Phi) is 3.01. The van der Waals surface area contributed by atoms with Gasteiger partial charge in [-0.05, 0) is 18.9 Å². The van der Waals surface area contributed by atoms with Crippen LogP contribution in [0.3, 0.4) is 0 Å². The molecule has 0 aliphatic heterocycles. The van der Waals surface area contributed by atoms with Gasteiger partial charge in [0.15, 0.2) is 0 Å². The van der Waals surface area contributed by atoms with Crippen molar-refractivity contribution in [3.8, 4) is 0 Å². The monoisotopic (exact) mass is 284 g/mol. The molecule has 4 rings (SSSR count). The number of nitrogens with zero attached hydrogens (tertiary/aromatic N) is 3. The summed E-state index contributed by atoms with van der Waals surface area (Å²) in [6.07, 6.45) is 4.55. The zero-order valence-electron chi connectivity index (χ0n) is 11.1. The Bertz CT molecular complexity index is 726. The summed E-state index contributed by atoms with van der Waals surface area (Å²) < 4.78 is 2.02. The maximum Gasteiger partial charge on any atom is 0.107 e. The average Bonchev–Trinajstić information content (AvgIpc) is 3.06. The predicted octanol–water partition coefficient (Wildman–Crippen LogP) is 2.79. The summed E-state index contributed by atoms with van der Waals surface area (Å²) in [5, 5.41) is 12.4. The maximum atomic E-state index is 4.69. The number of thiazole rings is 1. The van der Waals surface area contributed by atoms with Crippen molar-refractivity contribution in [2.24, 2.45) is 0 Å². The van der Waals surface area contributed by atoms with Crippen LogP contribution in [0.2, 0.25) is 0 Å². The van der Waals surface area contributed by atoms with Crippen molar-refractivity contribution in [1.29, 1.82) is 0 Å². The molecular weight excluding hydrogens is 268 g/mol. The first-order valence-electron chi connectivity index (χ1n) is 6.96. The first kappa shape index (κ1) is 12.1. The molecule has 0 amide bonds. The molecule has 1 saturated carbocycles. The first-order valence-corrected chi connectivity index (χ1v) is 7.84. The van der Waals surface area contributed by atoms with E-state index in [-0.39, 0.29) is 0 Å². The van der Waals surface area contributed by atoms with Crippen molar-refractivity contribution in [2.45, 2.75) is 32.0 Å². The molecule has 1 aromatic carbocycles. The molecule has 1 aliphatic rings. The molecule has 0 saturated heterocycles. The van der Waals surface area contributed by atoms with E-state index in [1.165, 1.54) is 23.2 Å². The molecule has 20 heavy (non-hydrogen) atoms. The van der Waals surface area contributed by atoms with E-state index in [1.54, 1.807) is 11.3 Å². The second-order valence-electron chi connectivity index (χ2n) is 5.25. The lowest BCUT2D eigenvalue weighted by molar-refractivity contribution is 0.670. The summed E-state index contributed by atoms with van der Waals surface area (Å²) in [4.78, 5) is 4.69. The van der Waals surface area contributed by atoms with E-state index in [0.29, 0.717) is 0 Å². The van der Waals surface area contributed by atoms with Gasteiger partial charge in [-0.2, -0.15) is 5.10 Å². The molecule has 0 bridgehead atoms. The van der Waals surface area contributed by atoms with E-state index in [9.17, 15) is 0 Å². The molecule has 4 nitrogen and oxygen atoms in total. The predicted molar refractivity (Wildman–Crippen MR) is 80.8 cm³/mol. The molecule has 0 atom stereocenters. The van der Waals surface area contributed by atoms with Crippen LogP contribution in [-0.2, 0) is 13.1 Å². The Balaban J connectivity index is 1.50. The van der Waals surface area contributed by atoms with Crippen LogP contribution >= 0.6 is 11.3 Å². The van der Waals surface area contributed by atoms with E-state index >= 15 is 0 Å². The summed E-state index contributed by atoms with van der Waals surface area (Å²) in [6.45, 7) is 1.64. The second-order valence-corrected chi connectivity index (χ2v) is 6.19. The molecule has 0 radical (unpaired) electrons. The molecule has 102 valence electrons. The van der Waals surface area contributed by atoms with Crippen LogP contribution in [0.5, 0.6) is 0 Å². The van der Waals surface area contributed by atoms with Gasteiger partial charge in [-0.25, -0.2) is 4.98 Å². The van der Waals surface area contributed by atoms with Gasteiger partial charge in [-0.15, -0.1) is 11.3 Å². The normalized spacial score (nSPS) is 15.0. The van der Waals surface area contributed by atoms with E-state index in [1.807, 2.05) is 23.0 Å². The number of hydrogen-bond acceptors (Lipinski definition) is 4. The van der Waals surface area contributed by atoms with Crippen molar-refractivity contribution in [3.63, 3.8) is 0 Å². The minimum absolute atomic E-state index is 0.734. The van der Waals surface area contributed by atoms with Crippen molar-refractivity contribution >= 4 is 22.2 Å². The van der Waals surface area contributed by atoms with Gasteiger partial charge in [-0.1, -0.05) is 18.2 Å². The standard InChI is InChI=1S/C15H16N4S/c1-2-4-14-11(3-1)7-17-19(14)9-13-10-20-15(18-13)8-16-12-5-6-12/h1-4,7,10,12,16H,5-6,8-9H2. The lowest BCUT2D eigenvalue weighted by Crippen LogP contribution is -2.15. The molecule has 1 aliphatic carbocycles. The number of para-hydroxylation sites is 1. The molecular formula is C15H16N4S. The lowest BCUT2D eigenvalue weighted by atomic mass is 10.2. The van der Waals surface area contributed by atoms with E-state index in [4.69, 9.17) is 0 Å². The highest BCUT2D eigenvalue weighted by Gasteiger charge is 2.20. The SMILES string of the molecule is c1ccc2c(c1)cnn2Cc1csc(CNC2CC2)n1. The minimum atomic E-state index is 0.734. The van der Waals surface area contributed by atoms with Gasteiger partial charge >= 0.3 is 0 Å². The topological polar surface area (TPSA) is 42.7 Å². The Morgan fingerprint density at radius 3 is 3.10 bits per heavy atom. The fourth-order valence-corrected chi connectivity index (χ4v) is 3.06. The third kappa shape index (κ3) is 2.46. The van der Waals surface area contributed by atoms with Crippen molar-refractivity contribution in [3.05, 3.63) is 46.5 Å². The summed E-state index contributed by atoms with van der Waals surface area (Å²) in [7, 11) is 0. The van der Waals surface area contributed by atoms with Gasteiger partial charge < -0.3 is 5.32 Å². The Labute approximate surface area is 121 Å². The molecule has 2 heterocycles. The number of aromatic nitrogens is 3. The van der Waals surface area contributed by atoms with Gasteiger partial charge in [0, 0.05) is 23.4 Å². The second kappa shape index (κ2) is 5.00. The lowest BCUT2D eigenvalue weighted by Gasteiger charge is -2.01. The van der Waals surface area contributed by atoms with Crippen molar-refractivity contribution in [1.82, 2.24) is 20.1 Å². The first-order chi connectivity index (χ1) is 9.88. The van der Waals surface area contributed by atoms with E-state index in [0.717, 1.165) is 30.3 Å². The van der Waals surface area contributed by atoms with Gasteiger partial charge in [-0.3, -0.25) is 4.68 Å². The maximum absolute atomic E-state index is 4.69. The van der Waals surface area contributed by atoms with Gasteiger partial charge in [0.2, 0.25) is 0 Å². The minimum Gasteiger partial charge on any atom is -0.308 e. The van der Waals surface area contributed by atoms with Crippen LogP contribution in [0.25, 0.3) is 10.9 Å². The number of hydrogen-bond donors (Lipinski definition) is 1. The highest BCUT2D eigenvalue weighted by molar-refractivity contribution is 7.09. The number of benzene rings is 1.